The Balaban J connectivity index is 1.52. The van der Waals surface area contributed by atoms with Gasteiger partial charge in [0.15, 0.2) is 0 Å². The summed E-state index contributed by atoms with van der Waals surface area (Å²) in [5, 5.41) is 17.4. The highest BCUT2D eigenvalue weighted by molar-refractivity contribution is 5.76. The number of nitrogens with zero attached hydrogens (tertiary/aromatic N) is 4. The van der Waals surface area contributed by atoms with E-state index < -0.39 is 0 Å². The first kappa shape index (κ1) is 11.6. The number of carbonyl (C=O) groups excluding carboxylic acids is 1. The van der Waals surface area contributed by atoms with Crippen molar-refractivity contribution < 1.29 is 9.90 Å². The molecular formula is C12H18N4O2. The van der Waals surface area contributed by atoms with Gasteiger partial charge >= 0.3 is 0 Å². The summed E-state index contributed by atoms with van der Waals surface area (Å²) in [5.41, 5.74) is 0. The van der Waals surface area contributed by atoms with Crippen molar-refractivity contribution in [1.82, 2.24) is 19.9 Å². The molecule has 6 nitrogen and oxygen atoms in total. The molecule has 1 aliphatic heterocycles. The van der Waals surface area contributed by atoms with E-state index in [2.05, 4.69) is 10.3 Å². The summed E-state index contributed by atoms with van der Waals surface area (Å²) in [6.45, 7) is 2.12. The van der Waals surface area contributed by atoms with Crippen molar-refractivity contribution in [2.24, 2.45) is 11.8 Å². The maximum atomic E-state index is 12.1. The topological polar surface area (TPSA) is 71.2 Å². The molecule has 1 aliphatic carbocycles. The van der Waals surface area contributed by atoms with Crippen LogP contribution in [0.3, 0.4) is 0 Å². The lowest BCUT2D eigenvalue weighted by molar-refractivity contribution is -0.130. The fourth-order valence-corrected chi connectivity index (χ4v) is 3.16. The highest BCUT2D eigenvalue weighted by atomic mass is 16.3. The van der Waals surface area contributed by atoms with Gasteiger partial charge in [-0.1, -0.05) is 5.21 Å². The Labute approximate surface area is 106 Å². The lowest BCUT2D eigenvalue weighted by Gasteiger charge is -2.18. The first-order chi connectivity index (χ1) is 8.74. The number of aryl methyl sites for hydroxylation is 1. The number of rotatable bonds is 3. The maximum Gasteiger partial charge on any atom is 0.224 e. The highest BCUT2D eigenvalue weighted by Crippen LogP contribution is 2.38. The van der Waals surface area contributed by atoms with Crippen LogP contribution < -0.4 is 0 Å². The zero-order valence-corrected chi connectivity index (χ0v) is 10.3. The van der Waals surface area contributed by atoms with Gasteiger partial charge in [0.2, 0.25) is 5.91 Å². The zero-order chi connectivity index (χ0) is 12.5. The zero-order valence-electron chi connectivity index (χ0n) is 10.3. The number of amides is 1. The molecular weight excluding hydrogens is 232 g/mol. The van der Waals surface area contributed by atoms with Crippen molar-refractivity contribution >= 4 is 5.91 Å². The monoisotopic (exact) mass is 250 g/mol. The van der Waals surface area contributed by atoms with Crippen LogP contribution in [0.5, 0.6) is 0 Å². The van der Waals surface area contributed by atoms with E-state index in [-0.39, 0.29) is 12.0 Å². The summed E-state index contributed by atoms with van der Waals surface area (Å²) in [5.74, 6) is 0.975. The van der Waals surface area contributed by atoms with Crippen LogP contribution in [0.4, 0.5) is 0 Å². The third-order valence-corrected chi connectivity index (χ3v) is 4.20. The minimum absolute atomic E-state index is 0.159. The van der Waals surface area contributed by atoms with E-state index in [0.717, 1.165) is 25.9 Å². The molecule has 0 radical (unpaired) electrons. The molecule has 3 rings (SSSR count). The van der Waals surface area contributed by atoms with Gasteiger partial charge in [0.25, 0.3) is 0 Å². The van der Waals surface area contributed by atoms with E-state index in [0.29, 0.717) is 24.8 Å². The second kappa shape index (κ2) is 4.68. The molecule has 0 aromatic carbocycles. The van der Waals surface area contributed by atoms with Gasteiger partial charge in [-0.3, -0.25) is 9.48 Å². The molecule has 0 spiro atoms. The molecule has 1 aromatic heterocycles. The number of aliphatic hydroxyl groups is 1. The molecule has 2 heterocycles. The Bertz CT molecular complexity index is 420. The van der Waals surface area contributed by atoms with Gasteiger partial charge < -0.3 is 10.0 Å². The molecule has 1 amide bonds. The largest absolute Gasteiger partial charge is 0.393 e. The standard InChI is InChI=1S/C12H18N4O2/c17-11-2-1-9-7-15(8-10(9)11)12(18)3-5-16-6-4-13-14-16/h4,6,9-11,17H,1-3,5,7-8H2. The van der Waals surface area contributed by atoms with Crippen LogP contribution in [0, 0.1) is 11.8 Å². The van der Waals surface area contributed by atoms with E-state index >= 15 is 0 Å². The summed E-state index contributed by atoms with van der Waals surface area (Å²) >= 11 is 0. The van der Waals surface area contributed by atoms with E-state index in [1.165, 1.54) is 0 Å². The Kier molecular flexibility index (Phi) is 3.03. The molecule has 1 saturated heterocycles. The van der Waals surface area contributed by atoms with Crippen LogP contribution in [0.25, 0.3) is 0 Å². The number of fused-ring (bicyclic) bond motifs is 1. The van der Waals surface area contributed by atoms with Crippen molar-refractivity contribution in [3.05, 3.63) is 12.4 Å². The van der Waals surface area contributed by atoms with E-state index in [1.807, 2.05) is 4.90 Å². The fourth-order valence-electron chi connectivity index (χ4n) is 3.16. The number of aromatic nitrogens is 3. The second-order valence-electron chi connectivity index (χ2n) is 5.28. The molecule has 1 saturated carbocycles. The predicted octanol–water partition coefficient (Wildman–Crippen LogP) is -0.103. The third kappa shape index (κ3) is 2.12. The van der Waals surface area contributed by atoms with Crippen molar-refractivity contribution in [3.63, 3.8) is 0 Å². The average molecular weight is 250 g/mol. The van der Waals surface area contributed by atoms with Gasteiger partial charge in [0.05, 0.1) is 18.8 Å². The van der Waals surface area contributed by atoms with Crippen molar-refractivity contribution in [2.75, 3.05) is 13.1 Å². The number of hydrogen-bond acceptors (Lipinski definition) is 4. The minimum atomic E-state index is -0.205. The minimum Gasteiger partial charge on any atom is -0.393 e. The summed E-state index contributed by atoms with van der Waals surface area (Å²) in [6, 6.07) is 0. The van der Waals surface area contributed by atoms with Gasteiger partial charge in [0.1, 0.15) is 0 Å². The van der Waals surface area contributed by atoms with Crippen LogP contribution in [0.1, 0.15) is 19.3 Å². The van der Waals surface area contributed by atoms with E-state index in [9.17, 15) is 9.90 Å². The van der Waals surface area contributed by atoms with Crippen LogP contribution in [-0.4, -0.2) is 50.1 Å². The van der Waals surface area contributed by atoms with Gasteiger partial charge in [0, 0.05) is 31.6 Å². The molecule has 6 heteroatoms. The molecule has 18 heavy (non-hydrogen) atoms. The maximum absolute atomic E-state index is 12.1. The van der Waals surface area contributed by atoms with Gasteiger partial charge in [-0.15, -0.1) is 5.10 Å². The quantitative estimate of drug-likeness (QED) is 0.813. The molecule has 98 valence electrons. The lowest BCUT2D eigenvalue weighted by atomic mass is 10.00. The van der Waals surface area contributed by atoms with Crippen molar-refractivity contribution in [3.8, 4) is 0 Å². The van der Waals surface area contributed by atoms with Crippen LogP contribution in [0.15, 0.2) is 12.4 Å². The Morgan fingerprint density at radius 2 is 2.28 bits per heavy atom. The summed E-state index contributed by atoms with van der Waals surface area (Å²) < 4.78 is 1.67. The van der Waals surface area contributed by atoms with Crippen LogP contribution in [-0.2, 0) is 11.3 Å². The van der Waals surface area contributed by atoms with Gasteiger partial charge in [-0.05, 0) is 18.8 Å². The number of hydrogen-bond donors (Lipinski definition) is 1. The summed E-state index contributed by atoms with van der Waals surface area (Å²) in [7, 11) is 0. The molecule has 0 bridgehead atoms. The van der Waals surface area contributed by atoms with Crippen molar-refractivity contribution in [1.29, 1.82) is 0 Å². The fraction of sp³-hybridized carbons (Fsp3) is 0.750. The number of aliphatic hydroxyl groups excluding tert-OH is 1. The SMILES string of the molecule is O=C(CCn1ccnn1)N1CC2CCC(O)C2C1. The molecule has 2 aliphatic rings. The normalized spacial score (nSPS) is 30.7. The Morgan fingerprint density at radius 1 is 1.39 bits per heavy atom. The molecule has 3 unspecified atom stereocenters. The summed E-state index contributed by atoms with van der Waals surface area (Å²) in [4.78, 5) is 14.0. The molecule has 1 aromatic rings. The molecule has 2 fully saturated rings. The molecule has 3 atom stereocenters. The third-order valence-electron chi connectivity index (χ3n) is 4.20. The Morgan fingerprint density at radius 3 is 3.00 bits per heavy atom. The van der Waals surface area contributed by atoms with Gasteiger partial charge in [-0.2, -0.15) is 0 Å². The smallest absolute Gasteiger partial charge is 0.224 e. The lowest BCUT2D eigenvalue weighted by Crippen LogP contribution is -2.31. The number of carbonyl (C=O) groups is 1. The average Bonchev–Trinajstić information content (AvgIpc) is 3.05. The first-order valence-electron chi connectivity index (χ1n) is 6.54. The van der Waals surface area contributed by atoms with Crippen LogP contribution >= 0.6 is 0 Å². The summed E-state index contributed by atoms with van der Waals surface area (Å²) in [6.07, 6.45) is 5.58. The van der Waals surface area contributed by atoms with Crippen LogP contribution in [0.2, 0.25) is 0 Å². The second-order valence-corrected chi connectivity index (χ2v) is 5.28. The van der Waals surface area contributed by atoms with E-state index in [4.69, 9.17) is 0 Å². The van der Waals surface area contributed by atoms with Crippen molar-refractivity contribution in [2.45, 2.75) is 31.9 Å². The number of likely N-dealkylation sites (tertiary alicyclic amines) is 1. The van der Waals surface area contributed by atoms with E-state index in [1.54, 1.807) is 17.1 Å². The molecule has 1 N–H and O–H groups in total. The highest BCUT2D eigenvalue weighted by Gasteiger charge is 2.42. The van der Waals surface area contributed by atoms with Gasteiger partial charge in [-0.25, -0.2) is 0 Å². The first-order valence-corrected chi connectivity index (χ1v) is 6.54. The Hall–Kier alpha value is -1.43. The predicted molar refractivity (Wildman–Crippen MR) is 63.4 cm³/mol.